The molecule has 162 valence electrons. The van der Waals surface area contributed by atoms with Gasteiger partial charge in [0.25, 0.3) is 0 Å². The molecule has 4 aromatic rings. The number of carboxylic acids is 1. The van der Waals surface area contributed by atoms with Crippen LogP contribution in [0.1, 0.15) is 12.0 Å². The molecule has 0 fully saturated rings. The van der Waals surface area contributed by atoms with Crippen molar-refractivity contribution < 1.29 is 19.1 Å². The molecule has 2 amide bonds. The Hall–Kier alpha value is -3.65. The van der Waals surface area contributed by atoms with E-state index in [0.717, 1.165) is 22.0 Å². The number of benzene rings is 3. The second kappa shape index (κ2) is 9.23. The van der Waals surface area contributed by atoms with Gasteiger partial charge in [0, 0.05) is 39.1 Å². The highest BCUT2D eigenvalue weighted by atomic mass is 79.9. The monoisotopic (exact) mass is 495 g/mol. The molecule has 0 saturated heterocycles. The number of aliphatic carboxylic acids is 1. The van der Waals surface area contributed by atoms with Gasteiger partial charge in [0.1, 0.15) is 5.82 Å². The highest BCUT2D eigenvalue weighted by Gasteiger charge is 2.17. The fourth-order valence-electron chi connectivity index (χ4n) is 3.57. The molecule has 8 heteroatoms. The van der Waals surface area contributed by atoms with Crippen LogP contribution in [-0.4, -0.2) is 22.1 Å². The predicted octanol–water partition coefficient (Wildman–Crippen LogP) is 6.40. The maximum absolute atomic E-state index is 14.2. The molecular weight excluding hydrogens is 477 g/mol. The number of aryl methyl sites for hydroxylation is 1. The number of rotatable bonds is 6. The van der Waals surface area contributed by atoms with Crippen LogP contribution in [0.5, 0.6) is 0 Å². The Morgan fingerprint density at radius 3 is 2.59 bits per heavy atom. The first-order valence-corrected chi connectivity index (χ1v) is 10.6. The summed E-state index contributed by atoms with van der Waals surface area (Å²) in [6.45, 7) is 0. The first-order valence-electron chi connectivity index (χ1n) is 9.85. The van der Waals surface area contributed by atoms with E-state index in [-0.39, 0.29) is 18.5 Å². The Labute approximate surface area is 191 Å². The summed E-state index contributed by atoms with van der Waals surface area (Å²) in [6, 6.07) is 16.9. The lowest BCUT2D eigenvalue weighted by Crippen LogP contribution is -2.21. The highest BCUT2D eigenvalue weighted by Crippen LogP contribution is 2.36. The number of aromatic nitrogens is 1. The number of carbonyl (C=O) groups is 2. The van der Waals surface area contributed by atoms with Crippen molar-refractivity contribution in [2.75, 3.05) is 10.6 Å². The summed E-state index contributed by atoms with van der Waals surface area (Å²) in [7, 11) is 0. The molecule has 0 radical (unpaired) electrons. The molecule has 0 spiro atoms. The number of urea groups is 1. The number of fused-ring (bicyclic) bond motifs is 1. The van der Waals surface area contributed by atoms with Gasteiger partial charge >= 0.3 is 12.0 Å². The molecule has 0 saturated carbocycles. The zero-order valence-electron chi connectivity index (χ0n) is 16.8. The fourth-order valence-corrected chi connectivity index (χ4v) is 3.91. The zero-order chi connectivity index (χ0) is 22.7. The van der Waals surface area contributed by atoms with Crippen molar-refractivity contribution in [2.45, 2.75) is 12.8 Å². The number of hydrogen-bond acceptors (Lipinski definition) is 2. The van der Waals surface area contributed by atoms with Crippen molar-refractivity contribution in [3.05, 3.63) is 82.7 Å². The molecule has 1 heterocycles. The van der Waals surface area contributed by atoms with Crippen LogP contribution in [0.3, 0.4) is 0 Å². The summed E-state index contributed by atoms with van der Waals surface area (Å²) < 4.78 is 14.7. The number of nitrogens with one attached hydrogen (secondary N) is 3. The SMILES string of the molecule is O=C(O)CCc1cccc(-c2c[nH]c3ccccc23)c1NC(=O)Nc1ccc(Br)cc1F. The number of anilines is 2. The van der Waals surface area contributed by atoms with Crippen LogP contribution < -0.4 is 10.6 Å². The molecule has 0 atom stereocenters. The van der Waals surface area contributed by atoms with E-state index in [9.17, 15) is 14.0 Å². The van der Waals surface area contributed by atoms with Gasteiger partial charge in [-0.3, -0.25) is 4.79 Å². The number of para-hydroxylation sites is 2. The minimum atomic E-state index is -0.935. The van der Waals surface area contributed by atoms with Gasteiger partial charge in [-0.05, 0) is 36.2 Å². The van der Waals surface area contributed by atoms with Crippen molar-refractivity contribution >= 4 is 50.2 Å². The first-order chi connectivity index (χ1) is 15.4. The maximum Gasteiger partial charge on any atom is 0.323 e. The quantitative estimate of drug-likeness (QED) is 0.249. The van der Waals surface area contributed by atoms with Crippen molar-refractivity contribution in [1.29, 1.82) is 0 Å². The summed E-state index contributed by atoms with van der Waals surface area (Å²) in [5.74, 6) is -1.51. The normalized spacial score (nSPS) is 10.8. The number of hydrogen-bond donors (Lipinski definition) is 4. The van der Waals surface area contributed by atoms with Crippen LogP contribution in [0.25, 0.3) is 22.0 Å². The number of amides is 2. The lowest BCUT2D eigenvalue weighted by atomic mass is 9.97. The summed E-state index contributed by atoms with van der Waals surface area (Å²) in [5.41, 5.74) is 3.71. The Bertz CT molecular complexity index is 1320. The molecule has 0 aliphatic heterocycles. The third kappa shape index (κ3) is 4.65. The zero-order valence-corrected chi connectivity index (χ0v) is 18.4. The predicted molar refractivity (Wildman–Crippen MR) is 126 cm³/mol. The first kappa shape index (κ1) is 21.6. The minimum absolute atomic E-state index is 0.0300. The molecule has 32 heavy (non-hydrogen) atoms. The van der Waals surface area contributed by atoms with Crippen LogP contribution in [0.2, 0.25) is 0 Å². The Balaban J connectivity index is 1.72. The van der Waals surface area contributed by atoms with Crippen LogP contribution in [-0.2, 0) is 11.2 Å². The smallest absolute Gasteiger partial charge is 0.323 e. The summed E-state index contributed by atoms with van der Waals surface area (Å²) >= 11 is 3.19. The number of aromatic amines is 1. The Kier molecular flexibility index (Phi) is 6.23. The van der Waals surface area contributed by atoms with Crippen LogP contribution in [0, 0.1) is 5.82 Å². The molecule has 4 rings (SSSR count). The molecular formula is C24H19BrFN3O3. The Morgan fingerprint density at radius 1 is 1.00 bits per heavy atom. The van der Waals surface area contributed by atoms with Crippen molar-refractivity contribution in [3.63, 3.8) is 0 Å². The van der Waals surface area contributed by atoms with E-state index in [0.29, 0.717) is 15.7 Å². The van der Waals surface area contributed by atoms with Crippen LogP contribution in [0.15, 0.2) is 71.3 Å². The lowest BCUT2D eigenvalue weighted by molar-refractivity contribution is -0.136. The number of H-pyrrole nitrogens is 1. The number of halogens is 2. The van der Waals surface area contributed by atoms with E-state index in [1.807, 2.05) is 42.6 Å². The van der Waals surface area contributed by atoms with Gasteiger partial charge in [-0.25, -0.2) is 9.18 Å². The van der Waals surface area contributed by atoms with Gasteiger partial charge in [-0.15, -0.1) is 0 Å². The molecule has 4 N–H and O–H groups in total. The highest BCUT2D eigenvalue weighted by molar-refractivity contribution is 9.10. The van der Waals surface area contributed by atoms with Crippen LogP contribution in [0.4, 0.5) is 20.6 Å². The Morgan fingerprint density at radius 2 is 1.81 bits per heavy atom. The van der Waals surface area contributed by atoms with Crippen molar-refractivity contribution in [2.24, 2.45) is 0 Å². The average molecular weight is 496 g/mol. The molecule has 6 nitrogen and oxygen atoms in total. The van der Waals surface area contributed by atoms with Gasteiger partial charge in [-0.2, -0.15) is 0 Å². The topological polar surface area (TPSA) is 94.2 Å². The van der Waals surface area contributed by atoms with E-state index in [2.05, 4.69) is 31.5 Å². The van der Waals surface area contributed by atoms with Gasteiger partial charge < -0.3 is 20.7 Å². The van der Waals surface area contributed by atoms with E-state index >= 15 is 0 Å². The summed E-state index contributed by atoms with van der Waals surface area (Å²) in [4.78, 5) is 27.1. The maximum atomic E-state index is 14.2. The van der Waals surface area contributed by atoms with Crippen molar-refractivity contribution in [1.82, 2.24) is 4.98 Å². The summed E-state index contributed by atoms with van der Waals surface area (Å²) in [6.07, 6.45) is 1.99. The van der Waals surface area contributed by atoms with E-state index in [4.69, 9.17) is 5.11 Å². The van der Waals surface area contributed by atoms with Gasteiger partial charge in [0.15, 0.2) is 0 Å². The molecule has 0 aliphatic rings. The molecule has 0 aliphatic carbocycles. The van der Waals surface area contributed by atoms with Gasteiger partial charge in [0.2, 0.25) is 0 Å². The average Bonchev–Trinajstić information content (AvgIpc) is 3.19. The minimum Gasteiger partial charge on any atom is -0.481 e. The summed E-state index contributed by atoms with van der Waals surface area (Å²) in [5, 5.41) is 15.4. The molecule has 1 aromatic heterocycles. The van der Waals surface area contributed by atoms with Crippen LogP contribution >= 0.6 is 15.9 Å². The second-order valence-corrected chi connectivity index (χ2v) is 8.10. The lowest BCUT2D eigenvalue weighted by Gasteiger charge is -2.16. The number of carboxylic acid groups (broad SMARTS) is 1. The standard InChI is InChI=1S/C24H19BrFN3O3/c25-15-9-10-21(19(26)12-15)28-24(32)29-23-14(8-11-22(30)31)4-3-6-17(23)18-13-27-20-7-2-1-5-16(18)20/h1-7,9-10,12-13,27H,8,11H2,(H,30,31)(H2,28,29,32). The molecule has 3 aromatic carbocycles. The van der Waals surface area contributed by atoms with E-state index < -0.39 is 17.8 Å². The van der Waals surface area contributed by atoms with Gasteiger partial charge in [-0.1, -0.05) is 52.3 Å². The van der Waals surface area contributed by atoms with E-state index in [1.165, 1.54) is 12.1 Å². The second-order valence-electron chi connectivity index (χ2n) is 7.18. The third-order valence-corrected chi connectivity index (χ3v) is 5.55. The largest absolute Gasteiger partial charge is 0.481 e. The number of carbonyl (C=O) groups excluding carboxylic acids is 1. The third-order valence-electron chi connectivity index (χ3n) is 5.06. The fraction of sp³-hybridized carbons (Fsp3) is 0.0833. The van der Waals surface area contributed by atoms with Gasteiger partial charge in [0.05, 0.1) is 11.4 Å². The van der Waals surface area contributed by atoms with Crippen molar-refractivity contribution in [3.8, 4) is 11.1 Å². The molecule has 0 unspecified atom stereocenters. The molecule has 0 bridgehead atoms. The van der Waals surface area contributed by atoms with E-state index in [1.54, 1.807) is 12.1 Å².